The lowest BCUT2D eigenvalue weighted by Crippen LogP contribution is -1.90. The van der Waals surface area contributed by atoms with E-state index >= 15 is 0 Å². The van der Waals surface area contributed by atoms with E-state index in [1.54, 1.807) is 0 Å². The molecule has 0 aliphatic rings. The van der Waals surface area contributed by atoms with Crippen molar-refractivity contribution in [2.45, 2.75) is 12.2 Å². The quantitative estimate of drug-likeness (QED) is 0.769. The zero-order valence-corrected chi connectivity index (χ0v) is 8.10. The van der Waals surface area contributed by atoms with Crippen LogP contribution < -0.4 is 0 Å². The second kappa shape index (κ2) is 5.22. The van der Waals surface area contributed by atoms with Crippen LogP contribution in [-0.2, 0) is 12.2 Å². The number of rotatable bonds is 4. The van der Waals surface area contributed by atoms with Gasteiger partial charge in [0.25, 0.3) is 0 Å². The van der Waals surface area contributed by atoms with Crippen molar-refractivity contribution in [2.75, 3.05) is 12.9 Å². The van der Waals surface area contributed by atoms with Crippen molar-refractivity contribution in [2.24, 2.45) is 0 Å². The second-order valence-electron chi connectivity index (χ2n) is 2.72. The van der Waals surface area contributed by atoms with E-state index in [1.165, 1.54) is 11.1 Å². The second-order valence-corrected chi connectivity index (χ2v) is 3.59. The molecular formula is C10H14OS. The fourth-order valence-electron chi connectivity index (χ4n) is 1.10. The van der Waals surface area contributed by atoms with Crippen LogP contribution >= 0.6 is 11.8 Å². The average molecular weight is 182 g/mol. The van der Waals surface area contributed by atoms with E-state index in [9.17, 15) is 0 Å². The summed E-state index contributed by atoms with van der Waals surface area (Å²) < 4.78 is 0. The van der Waals surface area contributed by atoms with Crippen LogP contribution in [0.3, 0.4) is 0 Å². The van der Waals surface area contributed by atoms with Crippen LogP contribution in [0.4, 0.5) is 0 Å². The normalized spacial score (nSPS) is 10.2. The Morgan fingerprint density at radius 3 is 2.25 bits per heavy atom. The van der Waals surface area contributed by atoms with E-state index in [0.29, 0.717) is 0 Å². The minimum absolute atomic E-state index is 0.238. The highest BCUT2D eigenvalue weighted by Gasteiger charge is 1.92. The molecule has 0 heterocycles. The highest BCUT2D eigenvalue weighted by Crippen LogP contribution is 2.10. The molecule has 1 aromatic rings. The minimum atomic E-state index is 0.238. The largest absolute Gasteiger partial charge is 0.396 e. The van der Waals surface area contributed by atoms with E-state index in [0.717, 1.165) is 12.2 Å². The predicted octanol–water partition coefficient (Wildman–Crippen LogP) is 2.08. The fraction of sp³-hybridized carbons (Fsp3) is 0.400. The van der Waals surface area contributed by atoms with E-state index in [2.05, 4.69) is 30.5 Å². The monoisotopic (exact) mass is 182 g/mol. The van der Waals surface area contributed by atoms with Gasteiger partial charge < -0.3 is 5.11 Å². The molecule has 0 atom stereocenters. The lowest BCUT2D eigenvalue weighted by molar-refractivity contribution is 0.299. The summed E-state index contributed by atoms with van der Waals surface area (Å²) in [5.41, 5.74) is 2.56. The Hall–Kier alpha value is -0.470. The summed E-state index contributed by atoms with van der Waals surface area (Å²) in [4.78, 5) is 0. The first-order chi connectivity index (χ1) is 5.86. The van der Waals surface area contributed by atoms with Gasteiger partial charge in [-0.1, -0.05) is 24.3 Å². The molecular weight excluding hydrogens is 168 g/mol. The third-order valence-corrected chi connectivity index (χ3v) is 2.36. The molecule has 1 aromatic carbocycles. The van der Waals surface area contributed by atoms with Crippen LogP contribution in [0.15, 0.2) is 24.3 Å². The molecule has 12 heavy (non-hydrogen) atoms. The van der Waals surface area contributed by atoms with Crippen molar-refractivity contribution in [1.29, 1.82) is 0 Å². The van der Waals surface area contributed by atoms with Gasteiger partial charge >= 0.3 is 0 Å². The Morgan fingerprint density at radius 1 is 1.17 bits per heavy atom. The topological polar surface area (TPSA) is 20.2 Å². The molecule has 0 saturated heterocycles. The van der Waals surface area contributed by atoms with Crippen molar-refractivity contribution in [1.82, 2.24) is 0 Å². The van der Waals surface area contributed by atoms with E-state index in [4.69, 9.17) is 5.11 Å². The van der Waals surface area contributed by atoms with Crippen molar-refractivity contribution < 1.29 is 5.11 Å². The molecule has 0 radical (unpaired) electrons. The van der Waals surface area contributed by atoms with Crippen molar-refractivity contribution in [3.63, 3.8) is 0 Å². The highest BCUT2D eigenvalue weighted by atomic mass is 32.2. The molecule has 0 unspecified atom stereocenters. The molecule has 0 spiro atoms. The average Bonchev–Trinajstić information content (AvgIpc) is 2.09. The van der Waals surface area contributed by atoms with E-state index < -0.39 is 0 Å². The number of aliphatic hydroxyl groups excluding tert-OH is 1. The Balaban J connectivity index is 2.58. The minimum Gasteiger partial charge on any atom is -0.396 e. The number of thioether (sulfide) groups is 1. The first-order valence-electron chi connectivity index (χ1n) is 4.04. The summed E-state index contributed by atoms with van der Waals surface area (Å²) in [5, 5.41) is 8.69. The molecule has 1 nitrogen and oxygen atoms in total. The van der Waals surface area contributed by atoms with Crippen LogP contribution in [-0.4, -0.2) is 18.0 Å². The van der Waals surface area contributed by atoms with Gasteiger partial charge in [0.05, 0.1) is 0 Å². The number of benzene rings is 1. The molecule has 0 aliphatic carbocycles. The summed E-state index contributed by atoms with van der Waals surface area (Å²) in [7, 11) is 0. The van der Waals surface area contributed by atoms with Crippen LogP contribution in [0, 0.1) is 0 Å². The van der Waals surface area contributed by atoms with Gasteiger partial charge in [0.15, 0.2) is 0 Å². The predicted molar refractivity (Wildman–Crippen MR) is 54.5 cm³/mol. The van der Waals surface area contributed by atoms with Crippen molar-refractivity contribution in [3.8, 4) is 0 Å². The van der Waals surface area contributed by atoms with Gasteiger partial charge in [0.1, 0.15) is 0 Å². The molecule has 66 valence electrons. The standard InChI is InChI=1S/C10H14OS/c1-12-8-10-4-2-9(3-5-10)6-7-11/h2-5,11H,6-8H2,1H3. The summed E-state index contributed by atoms with van der Waals surface area (Å²) in [5.74, 6) is 1.07. The molecule has 1 N–H and O–H groups in total. The first kappa shape index (κ1) is 9.62. The van der Waals surface area contributed by atoms with Gasteiger partial charge in [-0.25, -0.2) is 0 Å². The van der Waals surface area contributed by atoms with Gasteiger partial charge in [-0.3, -0.25) is 0 Å². The molecule has 0 amide bonds. The molecule has 0 fully saturated rings. The Labute approximate surface area is 77.8 Å². The van der Waals surface area contributed by atoms with Gasteiger partial charge in [0, 0.05) is 12.4 Å². The smallest absolute Gasteiger partial charge is 0.0471 e. The molecule has 0 saturated carbocycles. The van der Waals surface area contributed by atoms with Crippen LogP contribution in [0.5, 0.6) is 0 Å². The zero-order chi connectivity index (χ0) is 8.81. The van der Waals surface area contributed by atoms with Crippen molar-refractivity contribution >= 4 is 11.8 Å². The third-order valence-electron chi connectivity index (χ3n) is 1.73. The SMILES string of the molecule is CSCc1ccc(CCO)cc1. The molecule has 0 bridgehead atoms. The van der Waals surface area contributed by atoms with Crippen molar-refractivity contribution in [3.05, 3.63) is 35.4 Å². The summed E-state index contributed by atoms with van der Waals surface area (Å²) in [6, 6.07) is 8.42. The fourth-order valence-corrected chi connectivity index (χ4v) is 1.62. The summed E-state index contributed by atoms with van der Waals surface area (Å²) >= 11 is 1.82. The lowest BCUT2D eigenvalue weighted by atomic mass is 10.1. The molecule has 1 rings (SSSR count). The maximum atomic E-state index is 8.69. The highest BCUT2D eigenvalue weighted by molar-refractivity contribution is 7.97. The first-order valence-corrected chi connectivity index (χ1v) is 5.44. The van der Waals surface area contributed by atoms with Crippen LogP contribution in [0.2, 0.25) is 0 Å². The Bertz CT molecular complexity index is 193. The maximum Gasteiger partial charge on any atom is 0.0471 e. The number of hydrogen-bond donors (Lipinski definition) is 1. The zero-order valence-electron chi connectivity index (χ0n) is 7.29. The van der Waals surface area contributed by atoms with E-state index in [1.807, 2.05) is 11.8 Å². The third kappa shape index (κ3) is 2.88. The Morgan fingerprint density at radius 2 is 1.75 bits per heavy atom. The lowest BCUT2D eigenvalue weighted by Gasteiger charge is -2.00. The molecule has 0 aliphatic heterocycles. The number of aliphatic hydroxyl groups is 1. The van der Waals surface area contributed by atoms with Gasteiger partial charge in [-0.2, -0.15) is 11.8 Å². The van der Waals surface area contributed by atoms with Crippen LogP contribution in [0.25, 0.3) is 0 Å². The summed E-state index contributed by atoms with van der Waals surface area (Å²) in [6.45, 7) is 0.238. The maximum absolute atomic E-state index is 8.69. The Kier molecular flexibility index (Phi) is 4.19. The summed E-state index contributed by atoms with van der Waals surface area (Å²) in [6.07, 6.45) is 2.86. The van der Waals surface area contributed by atoms with E-state index in [-0.39, 0.29) is 6.61 Å². The van der Waals surface area contributed by atoms with Gasteiger partial charge in [-0.15, -0.1) is 0 Å². The van der Waals surface area contributed by atoms with Crippen LogP contribution in [0.1, 0.15) is 11.1 Å². The van der Waals surface area contributed by atoms with Gasteiger partial charge in [-0.05, 0) is 23.8 Å². The molecule has 2 heteroatoms. The van der Waals surface area contributed by atoms with Gasteiger partial charge in [0.2, 0.25) is 0 Å². The molecule has 0 aromatic heterocycles. The number of hydrogen-bond acceptors (Lipinski definition) is 2.